The number of nitrogens with zero attached hydrogens (tertiary/aromatic N) is 1. The van der Waals surface area contributed by atoms with Crippen LogP contribution in [-0.2, 0) is 6.54 Å². The largest absolute Gasteiger partial charge is 0.420 e. The van der Waals surface area contributed by atoms with Crippen LogP contribution < -0.4 is 11.1 Å². The van der Waals surface area contributed by atoms with Crippen molar-refractivity contribution < 1.29 is 9.21 Å². The SMILES string of the molecule is Cc1ccc(Cn2c(=O)oc3ccc(C(=O)NC4CCCCCC4)cc32)cc1. The summed E-state index contributed by atoms with van der Waals surface area (Å²) < 4.78 is 6.96. The first-order valence-corrected chi connectivity index (χ1v) is 10.1. The van der Waals surface area contributed by atoms with Gasteiger partial charge in [0.05, 0.1) is 12.1 Å². The number of rotatable bonds is 4. The number of hydrogen-bond acceptors (Lipinski definition) is 3. The zero-order valence-electron chi connectivity index (χ0n) is 16.2. The lowest BCUT2D eigenvalue weighted by Gasteiger charge is -2.16. The van der Waals surface area contributed by atoms with Gasteiger partial charge in [-0.2, -0.15) is 0 Å². The van der Waals surface area contributed by atoms with Gasteiger partial charge in [-0.3, -0.25) is 9.36 Å². The molecule has 1 aromatic heterocycles. The quantitative estimate of drug-likeness (QED) is 0.684. The van der Waals surface area contributed by atoms with Gasteiger partial charge < -0.3 is 9.73 Å². The van der Waals surface area contributed by atoms with Gasteiger partial charge >= 0.3 is 5.76 Å². The van der Waals surface area contributed by atoms with E-state index in [0.29, 0.717) is 23.2 Å². The highest BCUT2D eigenvalue weighted by molar-refractivity contribution is 5.97. The van der Waals surface area contributed by atoms with E-state index < -0.39 is 5.76 Å². The summed E-state index contributed by atoms with van der Waals surface area (Å²) in [6, 6.07) is 13.5. The highest BCUT2D eigenvalue weighted by Gasteiger charge is 2.18. The monoisotopic (exact) mass is 378 g/mol. The third kappa shape index (κ3) is 4.03. The van der Waals surface area contributed by atoms with Crippen LogP contribution in [0.15, 0.2) is 51.7 Å². The molecule has 4 rings (SSSR count). The molecule has 5 nitrogen and oxygen atoms in total. The average molecular weight is 378 g/mol. The van der Waals surface area contributed by atoms with Crippen molar-refractivity contribution in [3.05, 3.63) is 69.7 Å². The van der Waals surface area contributed by atoms with Crippen molar-refractivity contribution in [2.75, 3.05) is 0 Å². The van der Waals surface area contributed by atoms with Gasteiger partial charge in [0, 0.05) is 11.6 Å². The number of benzene rings is 2. The van der Waals surface area contributed by atoms with Crippen molar-refractivity contribution >= 4 is 17.0 Å². The van der Waals surface area contributed by atoms with E-state index in [0.717, 1.165) is 18.4 Å². The molecule has 1 amide bonds. The minimum atomic E-state index is -0.406. The van der Waals surface area contributed by atoms with Crippen LogP contribution in [-0.4, -0.2) is 16.5 Å². The Bertz CT molecular complexity index is 1020. The van der Waals surface area contributed by atoms with E-state index in [4.69, 9.17) is 4.42 Å². The molecule has 1 fully saturated rings. The molecule has 0 unspecified atom stereocenters. The maximum Gasteiger partial charge on any atom is 0.420 e. The lowest BCUT2D eigenvalue weighted by molar-refractivity contribution is 0.0933. The van der Waals surface area contributed by atoms with E-state index >= 15 is 0 Å². The Morgan fingerprint density at radius 2 is 1.79 bits per heavy atom. The summed E-state index contributed by atoms with van der Waals surface area (Å²) in [4.78, 5) is 25.1. The molecule has 3 aromatic rings. The van der Waals surface area contributed by atoms with Crippen LogP contribution in [0.25, 0.3) is 11.1 Å². The highest BCUT2D eigenvalue weighted by atomic mass is 16.4. The lowest BCUT2D eigenvalue weighted by Crippen LogP contribution is -2.34. The normalized spacial score (nSPS) is 15.5. The van der Waals surface area contributed by atoms with Crippen LogP contribution in [0.4, 0.5) is 0 Å². The minimum absolute atomic E-state index is 0.0793. The second-order valence-corrected chi connectivity index (χ2v) is 7.78. The highest BCUT2D eigenvalue weighted by Crippen LogP contribution is 2.20. The Hall–Kier alpha value is -2.82. The third-order valence-electron chi connectivity index (χ3n) is 5.58. The molecule has 1 saturated carbocycles. The number of oxazole rings is 1. The average Bonchev–Trinajstić information content (AvgIpc) is 2.85. The van der Waals surface area contributed by atoms with Crippen molar-refractivity contribution in [3.63, 3.8) is 0 Å². The van der Waals surface area contributed by atoms with E-state index in [1.807, 2.05) is 31.2 Å². The summed E-state index contributed by atoms with van der Waals surface area (Å²) >= 11 is 0. The summed E-state index contributed by atoms with van der Waals surface area (Å²) in [6.45, 7) is 2.45. The molecule has 0 atom stereocenters. The second-order valence-electron chi connectivity index (χ2n) is 7.78. The van der Waals surface area contributed by atoms with Gasteiger partial charge in [-0.1, -0.05) is 55.5 Å². The number of nitrogens with one attached hydrogen (secondary N) is 1. The van der Waals surface area contributed by atoms with Gasteiger partial charge in [0.25, 0.3) is 5.91 Å². The van der Waals surface area contributed by atoms with Crippen molar-refractivity contribution in [1.29, 1.82) is 0 Å². The van der Waals surface area contributed by atoms with E-state index in [1.54, 1.807) is 22.8 Å². The van der Waals surface area contributed by atoms with Gasteiger partial charge in [-0.25, -0.2) is 4.79 Å². The summed E-state index contributed by atoms with van der Waals surface area (Å²) in [5, 5.41) is 3.17. The fraction of sp³-hybridized carbons (Fsp3) is 0.391. The number of aromatic nitrogens is 1. The van der Waals surface area contributed by atoms with Gasteiger partial charge in [-0.05, 0) is 43.5 Å². The molecule has 0 saturated heterocycles. The Balaban J connectivity index is 1.59. The molecular weight excluding hydrogens is 352 g/mol. The first kappa shape index (κ1) is 18.5. The molecule has 1 N–H and O–H groups in total. The molecule has 146 valence electrons. The van der Waals surface area contributed by atoms with Crippen molar-refractivity contribution in [3.8, 4) is 0 Å². The molecule has 5 heteroatoms. The summed E-state index contributed by atoms with van der Waals surface area (Å²) in [5.74, 6) is -0.485. The summed E-state index contributed by atoms with van der Waals surface area (Å²) in [5.41, 5.74) is 3.91. The number of fused-ring (bicyclic) bond motifs is 1. The molecule has 0 radical (unpaired) electrons. The molecule has 28 heavy (non-hydrogen) atoms. The van der Waals surface area contributed by atoms with Crippen molar-refractivity contribution in [1.82, 2.24) is 9.88 Å². The predicted molar refractivity (Wildman–Crippen MR) is 110 cm³/mol. The van der Waals surface area contributed by atoms with Crippen LogP contribution >= 0.6 is 0 Å². The number of carbonyl (C=O) groups is 1. The predicted octanol–water partition coefficient (Wildman–Crippen LogP) is 4.40. The molecule has 1 aliphatic carbocycles. The summed E-state index contributed by atoms with van der Waals surface area (Å²) in [6.07, 6.45) is 6.91. The maximum atomic E-state index is 12.8. The molecule has 0 spiro atoms. The standard InChI is InChI=1S/C23H26N2O3/c1-16-8-10-17(11-9-16)15-25-20-14-18(12-13-21(20)28-23(25)27)22(26)24-19-6-4-2-3-5-7-19/h8-14,19H,2-7,15H2,1H3,(H,24,26). The van der Waals surface area contributed by atoms with E-state index in [9.17, 15) is 9.59 Å². The fourth-order valence-corrected chi connectivity index (χ4v) is 3.92. The Morgan fingerprint density at radius 3 is 2.50 bits per heavy atom. The van der Waals surface area contributed by atoms with Crippen LogP contribution in [0.3, 0.4) is 0 Å². The smallest absolute Gasteiger partial charge is 0.408 e. The van der Waals surface area contributed by atoms with Crippen molar-refractivity contribution in [2.45, 2.75) is 58.0 Å². The second kappa shape index (κ2) is 8.05. The van der Waals surface area contributed by atoms with E-state index in [1.165, 1.54) is 31.2 Å². The van der Waals surface area contributed by atoms with E-state index in [2.05, 4.69) is 5.32 Å². The van der Waals surface area contributed by atoms with Crippen molar-refractivity contribution in [2.24, 2.45) is 0 Å². The fourth-order valence-electron chi connectivity index (χ4n) is 3.92. The third-order valence-corrected chi connectivity index (χ3v) is 5.58. The molecule has 2 aromatic carbocycles. The number of carbonyl (C=O) groups excluding carboxylic acids is 1. The maximum absolute atomic E-state index is 12.8. The van der Waals surface area contributed by atoms with Crippen LogP contribution in [0, 0.1) is 6.92 Å². The zero-order valence-corrected chi connectivity index (χ0v) is 16.2. The molecule has 1 aliphatic rings. The van der Waals surface area contributed by atoms with Crippen LogP contribution in [0.5, 0.6) is 0 Å². The molecule has 0 bridgehead atoms. The molecule has 0 aliphatic heterocycles. The molecule has 1 heterocycles. The van der Waals surface area contributed by atoms with Gasteiger partial charge in [-0.15, -0.1) is 0 Å². The zero-order chi connectivity index (χ0) is 19.5. The van der Waals surface area contributed by atoms with E-state index in [-0.39, 0.29) is 11.9 Å². The topological polar surface area (TPSA) is 64.2 Å². The lowest BCUT2D eigenvalue weighted by atomic mass is 10.1. The number of hydrogen-bond donors (Lipinski definition) is 1. The number of aryl methyl sites for hydroxylation is 1. The number of amides is 1. The Labute approximate surface area is 164 Å². The Morgan fingerprint density at radius 1 is 1.07 bits per heavy atom. The Kier molecular flexibility index (Phi) is 5.33. The van der Waals surface area contributed by atoms with Gasteiger partial charge in [0.2, 0.25) is 0 Å². The molecular formula is C23H26N2O3. The van der Waals surface area contributed by atoms with Gasteiger partial charge in [0.15, 0.2) is 5.58 Å². The summed E-state index contributed by atoms with van der Waals surface area (Å²) in [7, 11) is 0. The van der Waals surface area contributed by atoms with Crippen LogP contribution in [0.1, 0.15) is 60.0 Å². The van der Waals surface area contributed by atoms with Gasteiger partial charge in [0.1, 0.15) is 0 Å². The minimum Gasteiger partial charge on any atom is -0.408 e. The first-order valence-electron chi connectivity index (χ1n) is 10.1. The first-order chi connectivity index (χ1) is 13.6. The van der Waals surface area contributed by atoms with Crippen LogP contribution in [0.2, 0.25) is 0 Å².